The summed E-state index contributed by atoms with van der Waals surface area (Å²) in [5.41, 5.74) is -0.482. The first-order chi connectivity index (χ1) is 6.32. The van der Waals surface area contributed by atoms with Gasteiger partial charge in [-0.2, -0.15) is 13.2 Å². The number of ketones is 1. The average molecular weight is 206 g/mol. The number of carbonyl (C=O) groups is 1. The molecule has 0 aliphatic carbocycles. The maximum absolute atomic E-state index is 12.8. The van der Waals surface area contributed by atoms with Crippen LogP contribution in [0, 0.1) is 12.7 Å². The van der Waals surface area contributed by atoms with Gasteiger partial charge < -0.3 is 0 Å². The number of hydrogen-bond acceptors (Lipinski definition) is 1. The van der Waals surface area contributed by atoms with Crippen molar-refractivity contribution in [1.82, 2.24) is 0 Å². The van der Waals surface area contributed by atoms with Gasteiger partial charge in [0.15, 0.2) is 0 Å². The van der Waals surface area contributed by atoms with Gasteiger partial charge in [0.1, 0.15) is 5.82 Å². The van der Waals surface area contributed by atoms with Gasteiger partial charge in [-0.1, -0.05) is 12.1 Å². The first-order valence-electron chi connectivity index (χ1n) is 3.70. The number of carbonyl (C=O) groups excluding carboxylic acids is 1. The molecule has 1 nitrogen and oxygen atoms in total. The van der Waals surface area contributed by atoms with Crippen LogP contribution in [0.2, 0.25) is 0 Å². The van der Waals surface area contributed by atoms with Crippen LogP contribution < -0.4 is 0 Å². The topological polar surface area (TPSA) is 17.1 Å². The maximum Gasteiger partial charge on any atom is 0.454 e. The summed E-state index contributed by atoms with van der Waals surface area (Å²) in [4.78, 5) is 10.6. The first kappa shape index (κ1) is 10.7. The van der Waals surface area contributed by atoms with E-state index in [0.29, 0.717) is 6.07 Å². The Kier molecular flexibility index (Phi) is 2.59. The van der Waals surface area contributed by atoms with Gasteiger partial charge in [-0.3, -0.25) is 4.79 Å². The van der Waals surface area contributed by atoms with Crippen LogP contribution in [0.4, 0.5) is 17.6 Å². The highest BCUT2D eigenvalue weighted by atomic mass is 19.4. The Bertz CT molecular complexity index is 368. The van der Waals surface area contributed by atoms with Gasteiger partial charge >= 0.3 is 6.18 Å². The molecule has 0 bridgehead atoms. The fourth-order valence-corrected chi connectivity index (χ4v) is 0.898. The van der Waals surface area contributed by atoms with Crippen LogP contribution in [0.25, 0.3) is 0 Å². The summed E-state index contributed by atoms with van der Waals surface area (Å²) in [6.45, 7) is 1.40. The molecule has 5 heteroatoms. The number of rotatable bonds is 1. The summed E-state index contributed by atoms with van der Waals surface area (Å²) in [6, 6.07) is 2.67. The van der Waals surface area contributed by atoms with Crippen LogP contribution in [0.1, 0.15) is 15.9 Å². The maximum atomic E-state index is 12.8. The third kappa shape index (κ3) is 2.10. The lowest BCUT2D eigenvalue weighted by molar-refractivity contribution is -0.0885. The minimum absolute atomic E-state index is 0.198. The van der Waals surface area contributed by atoms with Crippen molar-refractivity contribution in [2.45, 2.75) is 13.1 Å². The van der Waals surface area contributed by atoms with Crippen molar-refractivity contribution in [3.8, 4) is 0 Å². The first-order valence-corrected chi connectivity index (χ1v) is 3.70. The quantitative estimate of drug-likeness (QED) is 0.510. The van der Waals surface area contributed by atoms with Crippen molar-refractivity contribution in [2.24, 2.45) is 0 Å². The van der Waals surface area contributed by atoms with Crippen LogP contribution in [-0.4, -0.2) is 12.0 Å². The van der Waals surface area contributed by atoms with Crippen molar-refractivity contribution < 1.29 is 22.4 Å². The number of benzene rings is 1. The largest absolute Gasteiger partial charge is 0.454 e. The molecule has 0 fully saturated rings. The van der Waals surface area contributed by atoms with E-state index in [9.17, 15) is 22.4 Å². The summed E-state index contributed by atoms with van der Waals surface area (Å²) in [5, 5.41) is 0. The fraction of sp³-hybridized carbons (Fsp3) is 0.222. The van der Waals surface area contributed by atoms with E-state index < -0.39 is 23.3 Å². The minimum Gasteiger partial charge on any atom is -0.284 e. The number of Topliss-reactive ketones (excluding diaryl/α,β-unsaturated/α-hetero) is 1. The second-order valence-electron chi connectivity index (χ2n) is 2.79. The molecule has 14 heavy (non-hydrogen) atoms. The van der Waals surface area contributed by atoms with E-state index in [4.69, 9.17) is 0 Å². The second-order valence-corrected chi connectivity index (χ2v) is 2.79. The van der Waals surface area contributed by atoms with E-state index in [0.717, 1.165) is 12.1 Å². The van der Waals surface area contributed by atoms with Crippen molar-refractivity contribution in [3.63, 3.8) is 0 Å². The summed E-state index contributed by atoms with van der Waals surface area (Å²) < 4.78 is 48.5. The van der Waals surface area contributed by atoms with Crippen LogP contribution in [-0.2, 0) is 0 Å². The molecule has 76 valence electrons. The van der Waals surface area contributed by atoms with Gasteiger partial charge in [0.2, 0.25) is 0 Å². The highest BCUT2D eigenvalue weighted by Gasteiger charge is 2.39. The predicted octanol–water partition coefficient (Wildman–Crippen LogP) is 2.88. The lowest BCUT2D eigenvalue weighted by Crippen LogP contribution is -2.22. The molecule has 0 aliphatic rings. The monoisotopic (exact) mass is 206 g/mol. The zero-order chi connectivity index (χ0) is 10.9. The van der Waals surface area contributed by atoms with E-state index >= 15 is 0 Å². The number of hydrogen-bond donors (Lipinski definition) is 0. The predicted molar refractivity (Wildman–Crippen MR) is 41.5 cm³/mol. The van der Waals surface area contributed by atoms with E-state index in [1.165, 1.54) is 6.92 Å². The number of alkyl halides is 3. The van der Waals surface area contributed by atoms with Crippen molar-refractivity contribution >= 4 is 5.78 Å². The van der Waals surface area contributed by atoms with Gasteiger partial charge in [0, 0.05) is 5.56 Å². The molecular formula is C9H6F4O. The van der Waals surface area contributed by atoms with Crippen LogP contribution >= 0.6 is 0 Å². The van der Waals surface area contributed by atoms with E-state index in [-0.39, 0.29) is 5.56 Å². The molecule has 0 radical (unpaired) electrons. The standard InChI is InChI=1S/C9H6F4O/c1-5-2-3-6(4-7(5)10)8(14)9(11,12)13/h2-4H,1H3. The summed E-state index contributed by atoms with van der Waals surface area (Å²) in [7, 11) is 0. The smallest absolute Gasteiger partial charge is 0.284 e. The third-order valence-electron chi connectivity index (χ3n) is 1.69. The molecular weight excluding hydrogens is 200 g/mol. The Balaban J connectivity index is 3.10. The van der Waals surface area contributed by atoms with Crippen LogP contribution in [0.3, 0.4) is 0 Å². The second kappa shape index (κ2) is 3.40. The zero-order valence-electron chi connectivity index (χ0n) is 7.15. The third-order valence-corrected chi connectivity index (χ3v) is 1.69. The normalized spacial score (nSPS) is 11.5. The highest BCUT2D eigenvalue weighted by molar-refractivity contribution is 6.00. The molecule has 1 aromatic rings. The van der Waals surface area contributed by atoms with Crippen molar-refractivity contribution in [1.29, 1.82) is 0 Å². The molecule has 1 rings (SSSR count). The molecule has 0 aliphatic heterocycles. The Morgan fingerprint density at radius 2 is 1.86 bits per heavy atom. The Morgan fingerprint density at radius 1 is 1.29 bits per heavy atom. The molecule has 0 saturated carbocycles. The van der Waals surface area contributed by atoms with Gasteiger partial charge in [-0.05, 0) is 18.6 Å². The minimum atomic E-state index is -4.96. The van der Waals surface area contributed by atoms with Gasteiger partial charge in [0.05, 0.1) is 0 Å². The van der Waals surface area contributed by atoms with Crippen molar-refractivity contribution in [2.75, 3.05) is 0 Å². The van der Waals surface area contributed by atoms with Gasteiger partial charge in [-0.25, -0.2) is 4.39 Å². The number of halogens is 4. The molecule has 0 atom stereocenters. The Hall–Kier alpha value is -1.39. The molecule has 0 saturated heterocycles. The summed E-state index contributed by atoms with van der Waals surface area (Å²) in [6.07, 6.45) is -4.96. The summed E-state index contributed by atoms with van der Waals surface area (Å²) in [5.74, 6) is -2.85. The molecule has 0 unspecified atom stereocenters. The lowest BCUT2D eigenvalue weighted by atomic mass is 10.1. The average Bonchev–Trinajstić information content (AvgIpc) is 2.07. The molecule has 0 aromatic heterocycles. The fourth-order valence-electron chi connectivity index (χ4n) is 0.898. The number of aryl methyl sites for hydroxylation is 1. The van der Waals surface area contributed by atoms with Crippen molar-refractivity contribution in [3.05, 3.63) is 35.1 Å². The summed E-state index contributed by atoms with van der Waals surface area (Å²) >= 11 is 0. The van der Waals surface area contributed by atoms with Gasteiger partial charge in [0.25, 0.3) is 5.78 Å². The molecule has 0 heterocycles. The van der Waals surface area contributed by atoms with E-state index in [1.807, 2.05) is 0 Å². The van der Waals surface area contributed by atoms with E-state index in [1.54, 1.807) is 0 Å². The Morgan fingerprint density at radius 3 is 2.29 bits per heavy atom. The Labute approximate surface area is 77.3 Å². The molecule has 0 spiro atoms. The lowest BCUT2D eigenvalue weighted by Gasteiger charge is -2.05. The van der Waals surface area contributed by atoms with Gasteiger partial charge in [-0.15, -0.1) is 0 Å². The van der Waals surface area contributed by atoms with Crippen LogP contribution in [0.5, 0.6) is 0 Å². The zero-order valence-corrected chi connectivity index (χ0v) is 7.15. The highest BCUT2D eigenvalue weighted by Crippen LogP contribution is 2.22. The van der Waals surface area contributed by atoms with Crippen LogP contribution in [0.15, 0.2) is 18.2 Å². The molecule has 0 amide bonds. The molecule has 1 aromatic carbocycles. The van der Waals surface area contributed by atoms with E-state index in [2.05, 4.69) is 0 Å². The molecule has 0 N–H and O–H groups in total. The SMILES string of the molecule is Cc1ccc(C(=O)C(F)(F)F)cc1F.